The molecule has 0 heterocycles. The molecule has 122 valence electrons. The van der Waals surface area contributed by atoms with E-state index in [2.05, 4.69) is 5.32 Å². The van der Waals surface area contributed by atoms with Gasteiger partial charge in [-0.05, 0) is 32.6 Å². The Bertz CT molecular complexity index is 346. The third-order valence-electron chi connectivity index (χ3n) is 3.06. The number of amides is 2. The molecule has 1 unspecified atom stereocenters. The fourth-order valence-corrected chi connectivity index (χ4v) is 1.74. The number of carbonyl (C=O) groups excluding carboxylic acids is 2. The van der Waals surface area contributed by atoms with Crippen LogP contribution in [0.3, 0.4) is 0 Å². The van der Waals surface area contributed by atoms with E-state index in [1.54, 1.807) is 13.8 Å². The van der Waals surface area contributed by atoms with Gasteiger partial charge in [0.15, 0.2) is 0 Å². The Morgan fingerprint density at radius 1 is 1.24 bits per heavy atom. The van der Waals surface area contributed by atoms with Crippen LogP contribution in [-0.4, -0.2) is 54.2 Å². The van der Waals surface area contributed by atoms with Gasteiger partial charge in [-0.3, -0.25) is 9.59 Å². The predicted molar refractivity (Wildman–Crippen MR) is 77.9 cm³/mol. The van der Waals surface area contributed by atoms with E-state index in [9.17, 15) is 14.4 Å². The second-order valence-corrected chi connectivity index (χ2v) is 4.88. The first kappa shape index (κ1) is 19.2. The van der Waals surface area contributed by atoms with Gasteiger partial charge in [-0.1, -0.05) is 6.92 Å². The predicted octanol–water partition coefficient (Wildman–Crippen LogP) is 1.47. The maximum Gasteiger partial charge on any atom is 0.325 e. The summed E-state index contributed by atoms with van der Waals surface area (Å²) in [4.78, 5) is 35.0. The number of hydrogen-bond acceptors (Lipinski definition) is 4. The summed E-state index contributed by atoms with van der Waals surface area (Å²) >= 11 is 0. The standard InChI is InChI=1S/C14H26N2O5/c1-4-16(10-13(19)21-5-2)14(20)15-9-8-11(3)6-7-12(17)18/h11H,4-10H2,1-3H3,(H,15,20)(H,17,18). The van der Waals surface area contributed by atoms with E-state index >= 15 is 0 Å². The summed E-state index contributed by atoms with van der Waals surface area (Å²) in [7, 11) is 0. The van der Waals surface area contributed by atoms with E-state index in [0.717, 1.165) is 0 Å². The van der Waals surface area contributed by atoms with Crippen LogP contribution in [0.15, 0.2) is 0 Å². The van der Waals surface area contributed by atoms with Crippen LogP contribution in [-0.2, 0) is 14.3 Å². The molecule has 0 aliphatic carbocycles. The van der Waals surface area contributed by atoms with E-state index in [0.29, 0.717) is 32.5 Å². The highest BCUT2D eigenvalue weighted by Gasteiger charge is 2.16. The number of nitrogens with one attached hydrogen (secondary N) is 1. The zero-order valence-electron chi connectivity index (χ0n) is 13.1. The van der Waals surface area contributed by atoms with Crippen molar-refractivity contribution in [2.75, 3.05) is 26.2 Å². The molecular weight excluding hydrogens is 276 g/mol. The lowest BCUT2D eigenvalue weighted by atomic mass is 10.0. The molecule has 0 radical (unpaired) electrons. The molecule has 2 amide bonds. The molecule has 0 rings (SSSR count). The second kappa shape index (κ2) is 10.9. The van der Waals surface area contributed by atoms with Crippen LogP contribution < -0.4 is 5.32 Å². The number of aliphatic carboxylic acids is 1. The smallest absolute Gasteiger partial charge is 0.325 e. The zero-order valence-corrected chi connectivity index (χ0v) is 13.1. The Balaban J connectivity index is 3.99. The summed E-state index contributed by atoms with van der Waals surface area (Å²) in [6, 6.07) is -0.309. The summed E-state index contributed by atoms with van der Waals surface area (Å²) in [6.45, 7) is 6.55. The van der Waals surface area contributed by atoms with Gasteiger partial charge in [-0.25, -0.2) is 4.79 Å². The topological polar surface area (TPSA) is 95.9 Å². The van der Waals surface area contributed by atoms with Gasteiger partial charge in [0.25, 0.3) is 0 Å². The van der Waals surface area contributed by atoms with E-state index in [4.69, 9.17) is 9.84 Å². The van der Waals surface area contributed by atoms with Crippen molar-refractivity contribution in [3.8, 4) is 0 Å². The molecule has 0 bridgehead atoms. The largest absolute Gasteiger partial charge is 0.481 e. The van der Waals surface area contributed by atoms with Crippen molar-refractivity contribution in [1.82, 2.24) is 10.2 Å². The third kappa shape index (κ3) is 9.70. The first-order valence-electron chi connectivity index (χ1n) is 7.30. The van der Waals surface area contributed by atoms with Gasteiger partial charge in [0, 0.05) is 19.5 Å². The molecular formula is C14H26N2O5. The number of esters is 1. The van der Waals surface area contributed by atoms with Crippen molar-refractivity contribution < 1.29 is 24.2 Å². The first-order valence-corrected chi connectivity index (χ1v) is 7.30. The van der Waals surface area contributed by atoms with Gasteiger partial charge in [0.2, 0.25) is 0 Å². The number of hydrogen-bond donors (Lipinski definition) is 2. The lowest BCUT2D eigenvalue weighted by Gasteiger charge is -2.20. The van der Waals surface area contributed by atoms with Crippen molar-refractivity contribution in [2.45, 2.75) is 40.0 Å². The maximum absolute atomic E-state index is 11.9. The van der Waals surface area contributed by atoms with Gasteiger partial charge in [0.1, 0.15) is 6.54 Å². The summed E-state index contributed by atoms with van der Waals surface area (Å²) in [5.74, 6) is -1.01. The zero-order chi connectivity index (χ0) is 16.3. The quantitative estimate of drug-likeness (QED) is 0.596. The number of ether oxygens (including phenoxy) is 1. The van der Waals surface area contributed by atoms with Crippen LogP contribution >= 0.6 is 0 Å². The number of carbonyl (C=O) groups is 3. The van der Waals surface area contributed by atoms with Crippen LogP contribution in [0.5, 0.6) is 0 Å². The molecule has 7 heteroatoms. The maximum atomic E-state index is 11.9. The number of rotatable bonds is 10. The minimum atomic E-state index is -0.808. The molecule has 0 aromatic heterocycles. The third-order valence-corrected chi connectivity index (χ3v) is 3.06. The van der Waals surface area contributed by atoms with Gasteiger partial charge in [-0.2, -0.15) is 0 Å². The minimum Gasteiger partial charge on any atom is -0.481 e. The SMILES string of the molecule is CCOC(=O)CN(CC)C(=O)NCCC(C)CCC(=O)O. The molecule has 0 fully saturated rings. The summed E-state index contributed by atoms with van der Waals surface area (Å²) in [5, 5.41) is 11.3. The first-order chi connectivity index (χ1) is 9.90. The highest BCUT2D eigenvalue weighted by molar-refractivity contribution is 5.80. The lowest BCUT2D eigenvalue weighted by molar-refractivity contribution is -0.143. The molecule has 1 atom stereocenters. The molecule has 0 aromatic carbocycles. The van der Waals surface area contributed by atoms with Crippen LogP contribution in [0, 0.1) is 5.92 Å². The molecule has 0 aromatic rings. The highest BCUT2D eigenvalue weighted by atomic mass is 16.5. The summed E-state index contributed by atoms with van der Waals surface area (Å²) in [5.41, 5.74) is 0. The van der Waals surface area contributed by atoms with Crippen LogP contribution in [0.4, 0.5) is 4.79 Å². The molecule has 0 aliphatic heterocycles. The fourth-order valence-electron chi connectivity index (χ4n) is 1.74. The number of carboxylic acids is 1. The van der Waals surface area contributed by atoms with E-state index in [1.165, 1.54) is 4.90 Å². The average molecular weight is 302 g/mol. The Morgan fingerprint density at radius 3 is 2.43 bits per heavy atom. The number of nitrogens with zero attached hydrogens (tertiary/aromatic N) is 1. The van der Waals surface area contributed by atoms with Crippen molar-refractivity contribution >= 4 is 18.0 Å². The van der Waals surface area contributed by atoms with Crippen molar-refractivity contribution in [1.29, 1.82) is 0 Å². The Kier molecular flexibility index (Phi) is 10.0. The molecule has 21 heavy (non-hydrogen) atoms. The number of carboxylic acid groups (broad SMARTS) is 1. The number of urea groups is 1. The van der Waals surface area contributed by atoms with Crippen molar-refractivity contribution in [3.05, 3.63) is 0 Å². The summed E-state index contributed by atoms with van der Waals surface area (Å²) < 4.78 is 4.81. The second-order valence-electron chi connectivity index (χ2n) is 4.88. The summed E-state index contributed by atoms with van der Waals surface area (Å²) in [6.07, 6.45) is 1.43. The normalized spacial score (nSPS) is 11.6. The molecule has 0 saturated carbocycles. The number of likely N-dealkylation sites (N-methyl/N-ethyl adjacent to an activating group) is 1. The molecule has 0 spiro atoms. The fraction of sp³-hybridized carbons (Fsp3) is 0.786. The minimum absolute atomic E-state index is 0.0647. The van der Waals surface area contributed by atoms with E-state index < -0.39 is 11.9 Å². The van der Waals surface area contributed by atoms with Gasteiger partial charge >= 0.3 is 18.0 Å². The molecule has 2 N–H and O–H groups in total. The average Bonchev–Trinajstić information content (AvgIpc) is 2.42. The van der Waals surface area contributed by atoms with E-state index in [1.807, 2.05) is 6.92 Å². The monoisotopic (exact) mass is 302 g/mol. The van der Waals surface area contributed by atoms with Gasteiger partial charge in [-0.15, -0.1) is 0 Å². The van der Waals surface area contributed by atoms with Gasteiger partial charge in [0.05, 0.1) is 6.61 Å². The Labute approximate surface area is 125 Å². The van der Waals surface area contributed by atoms with Crippen LogP contribution in [0.1, 0.15) is 40.0 Å². The molecule has 0 saturated heterocycles. The Hall–Kier alpha value is -1.79. The lowest BCUT2D eigenvalue weighted by Crippen LogP contribution is -2.43. The van der Waals surface area contributed by atoms with Crippen molar-refractivity contribution in [2.24, 2.45) is 5.92 Å². The van der Waals surface area contributed by atoms with Gasteiger partial charge < -0.3 is 20.1 Å². The van der Waals surface area contributed by atoms with Crippen molar-refractivity contribution in [3.63, 3.8) is 0 Å². The molecule has 7 nitrogen and oxygen atoms in total. The van der Waals surface area contributed by atoms with E-state index in [-0.39, 0.29) is 24.9 Å². The Morgan fingerprint density at radius 2 is 1.90 bits per heavy atom. The highest BCUT2D eigenvalue weighted by Crippen LogP contribution is 2.09. The van der Waals surface area contributed by atoms with Crippen LogP contribution in [0.25, 0.3) is 0 Å². The molecule has 0 aliphatic rings. The van der Waals surface area contributed by atoms with Crippen LogP contribution in [0.2, 0.25) is 0 Å².